The molecule has 7 rings (SSSR count). The summed E-state index contributed by atoms with van der Waals surface area (Å²) in [7, 11) is 0. The molecular formula is C37H39N5O. The number of nitrogens with zero attached hydrogens (tertiary/aromatic N) is 5. The number of amides is 1. The molecule has 0 spiro atoms. The SMILES string of the molecule is N#Cc1ccc(-c2ccc3nc(N4CCCC(c5ccccc5)C4)cc(C(=O)N4CCC[C@H]4CN4CCCC4)c3c2)cc1. The molecule has 1 amide bonds. The molecule has 1 aromatic heterocycles. The Morgan fingerprint density at radius 1 is 0.837 bits per heavy atom. The number of likely N-dealkylation sites (tertiary alicyclic amines) is 2. The van der Waals surface area contributed by atoms with Crippen molar-refractivity contribution in [3.63, 3.8) is 0 Å². The molecule has 0 bridgehead atoms. The van der Waals surface area contributed by atoms with Crippen molar-refractivity contribution in [3.8, 4) is 17.2 Å². The molecule has 1 unspecified atom stereocenters. The van der Waals surface area contributed by atoms with Crippen LogP contribution in [0.3, 0.4) is 0 Å². The highest BCUT2D eigenvalue weighted by Gasteiger charge is 2.33. The highest BCUT2D eigenvalue weighted by atomic mass is 16.2. The van der Waals surface area contributed by atoms with Gasteiger partial charge in [-0.3, -0.25) is 4.79 Å². The Kier molecular flexibility index (Phi) is 7.82. The molecule has 0 radical (unpaired) electrons. The average Bonchev–Trinajstić information content (AvgIpc) is 3.77. The van der Waals surface area contributed by atoms with Gasteiger partial charge in [-0.2, -0.15) is 5.26 Å². The van der Waals surface area contributed by atoms with Crippen molar-refractivity contribution in [2.75, 3.05) is 44.2 Å². The molecule has 3 saturated heterocycles. The van der Waals surface area contributed by atoms with Gasteiger partial charge in [-0.1, -0.05) is 48.5 Å². The summed E-state index contributed by atoms with van der Waals surface area (Å²) in [6.45, 7) is 5.92. The van der Waals surface area contributed by atoms with E-state index in [1.165, 1.54) is 24.8 Å². The van der Waals surface area contributed by atoms with Crippen molar-refractivity contribution < 1.29 is 4.79 Å². The summed E-state index contributed by atoms with van der Waals surface area (Å²) in [4.78, 5) is 26.8. The van der Waals surface area contributed by atoms with Gasteiger partial charge in [0, 0.05) is 43.5 Å². The lowest BCUT2D eigenvalue weighted by atomic mass is 9.90. The van der Waals surface area contributed by atoms with E-state index in [1.807, 2.05) is 24.3 Å². The second-order valence-electron chi connectivity index (χ2n) is 12.4. The molecule has 0 saturated carbocycles. The smallest absolute Gasteiger partial charge is 0.254 e. The first-order chi connectivity index (χ1) is 21.2. The molecule has 6 nitrogen and oxygen atoms in total. The fraction of sp³-hybridized carbons (Fsp3) is 0.378. The zero-order chi connectivity index (χ0) is 29.2. The van der Waals surface area contributed by atoms with Gasteiger partial charge in [0.05, 0.1) is 22.7 Å². The first kappa shape index (κ1) is 27.6. The molecule has 4 aromatic rings. The molecule has 3 aromatic carbocycles. The number of aromatic nitrogens is 1. The summed E-state index contributed by atoms with van der Waals surface area (Å²) in [6, 6.07) is 29.3. The lowest BCUT2D eigenvalue weighted by Gasteiger charge is -2.34. The van der Waals surface area contributed by atoms with Crippen LogP contribution in [0.15, 0.2) is 78.9 Å². The normalized spacial score (nSPS) is 20.9. The van der Waals surface area contributed by atoms with Crippen LogP contribution in [0, 0.1) is 11.3 Å². The molecule has 43 heavy (non-hydrogen) atoms. The van der Waals surface area contributed by atoms with Crippen LogP contribution in [-0.4, -0.2) is 66.0 Å². The van der Waals surface area contributed by atoms with Gasteiger partial charge in [0.2, 0.25) is 0 Å². The maximum atomic E-state index is 14.5. The van der Waals surface area contributed by atoms with E-state index in [2.05, 4.69) is 75.4 Å². The van der Waals surface area contributed by atoms with Crippen molar-refractivity contribution in [3.05, 3.63) is 95.6 Å². The molecule has 2 atom stereocenters. The van der Waals surface area contributed by atoms with Gasteiger partial charge in [-0.15, -0.1) is 0 Å². The Labute approximate surface area is 254 Å². The van der Waals surface area contributed by atoms with Crippen LogP contribution in [0.4, 0.5) is 5.82 Å². The number of anilines is 1. The fourth-order valence-electron chi connectivity index (χ4n) is 7.36. The van der Waals surface area contributed by atoms with Gasteiger partial charge < -0.3 is 14.7 Å². The number of rotatable bonds is 6. The van der Waals surface area contributed by atoms with E-state index >= 15 is 0 Å². The Morgan fingerprint density at radius 3 is 2.40 bits per heavy atom. The number of carbonyl (C=O) groups is 1. The summed E-state index contributed by atoms with van der Waals surface area (Å²) in [6.07, 6.45) is 6.92. The predicted octanol–water partition coefficient (Wildman–Crippen LogP) is 6.86. The highest BCUT2D eigenvalue weighted by molar-refractivity contribution is 6.08. The van der Waals surface area contributed by atoms with Crippen LogP contribution >= 0.6 is 0 Å². The number of hydrogen-bond acceptors (Lipinski definition) is 5. The van der Waals surface area contributed by atoms with Crippen LogP contribution in [-0.2, 0) is 0 Å². The Hall–Kier alpha value is -4.21. The number of carbonyl (C=O) groups excluding carboxylic acids is 1. The van der Waals surface area contributed by atoms with E-state index in [9.17, 15) is 10.1 Å². The number of fused-ring (bicyclic) bond motifs is 1. The van der Waals surface area contributed by atoms with Gasteiger partial charge in [-0.05, 0) is 98.6 Å². The number of benzene rings is 3. The second-order valence-corrected chi connectivity index (χ2v) is 12.4. The Balaban J connectivity index is 1.27. The van der Waals surface area contributed by atoms with E-state index in [0.717, 1.165) is 91.9 Å². The summed E-state index contributed by atoms with van der Waals surface area (Å²) in [5.41, 5.74) is 5.68. The zero-order valence-electron chi connectivity index (χ0n) is 24.8. The largest absolute Gasteiger partial charge is 0.356 e. The Bertz CT molecular complexity index is 1640. The zero-order valence-corrected chi connectivity index (χ0v) is 24.8. The minimum Gasteiger partial charge on any atom is -0.356 e. The molecule has 3 aliphatic heterocycles. The third kappa shape index (κ3) is 5.75. The van der Waals surface area contributed by atoms with Crippen LogP contribution in [0.25, 0.3) is 22.0 Å². The molecule has 218 valence electrons. The third-order valence-electron chi connectivity index (χ3n) is 9.69. The highest BCUT2D eigenvalue weighted by Crippen LogP contribution is 2.34. The summed E-state index contributed by atoms with van der Waals surface area (Å²) in [5.74, 6) is 1.48. The topological polar surface area (TPSA) is 63.5 Å². The van der Waals surface area contributed by atoms with E-state index in [-0.39, 0.29) is 11.9 Å². The molecule has 0 aliphatic carbocycles. The molecule has 3 aliphatic rings. The quantitative estimate of drug-likeness (QED) is 0.254. The molecule has 0 N–H and O–H groups in total. The average molecular weight is 570 g/mol. The van der Waals surface area contributed by atoms with Gasteiger partial charge >= 0.3 is 0 Å². The summed E-state index contributed by atoms with van der Waals surface area (Å²) < 4.78 is 0. The first-order valence-electron chi connectivity index (χ1n) is 15.9. The first-order valence-corrected chi connectivity index (χ1v) is 15.9. The van der Waals surface area contributed by atoms with Crippen molar-refractivity contribution >= 4 is 22.6 Å². The monoisotopic (exact) mass is 569 g/mol. The van der Waals surface area contributed by atoms with Gasteiger partial charge in [0.15, 0.2) is 0 Å². The molecular weight excluding hydrogens is 530 g/mol. The van der Waals surface area contributed by atoms with Crippen molar-refractivity contribution in [1.29, 1.82) is 5.26 Å². The molecule has 6 heteroatoms. The van der Waals surface area contributed by atoms with Crippen molar-refractivity contribution in [1.82, 2.24) is 14.8 Å². The third-order valence-corrected chi connectivity index (χ3v) is 9.69. The van der Waals surface area contributed by atoms with Gasteiger partial charge in [0.25, 0.3) is 5.91 Å². The standard InChI is InChI=1S/C37H39N5O/c38-24-27-12-14-29(15-13-27)30-16-17-35-33(22-30)34(37(43)42-21-7-11-32(42)26-40-18-4-5-19-40)23-36(39-35)41-20-6-10-31(25-41)28-8-2-1-3-9-28/h1-3,8-9,12-17,22-23,31-32H,4-7,10-11,18-21,25-26H2/t31?,32-/m0/s1. The van der Waals surface area contributed by atoms with Gasteiger partial charge in [-0.25, -0.2) is 4.98 Å². The predicted molar refractivity (Wildman–Crippen MR) is 172 cm³/mol. The summed E-state index contributed by atoms with van der Waals surface area (Å²) >= 11 is 0. The van der Waals surface area contributed by atoms with Crippen LogP contribution in [0.1, 0.15) is 65.9 Å². The maximum Gasteiger partial charge on any atom is 0.254 e. The van der Waals surface area contributed by atoms with E-state index in [0.29, 0.717) is 11.5 Å². The van der Waals surface area contributed by atoms with Crippen molar-refractivity contribution in [2.45, 2.75) is 50.5 Å². The lowest BCUT2D eigenvalue weighted by molar-refractivity contribution is 0.0710. The van der Waals surface area contributed by atoms with Crippen LogP contribution < -0.4 is 4.90 Å². The fourth-order valence-corrected chi connectivity index (χ4v) is 7.36. The van der Waals surface area contributed by atoms with Crippen molar-refractivity contribution in [2.24, 2.45) is 0 Å². The van der Waals surface area contributed by atoms with E-state index in [4.69, 9.17) is 4.98 Å². The second kappa shape index (κ2) is 12.2. The minimum atomic E-state index is 0.129. The molecule has 4 heterocycles. The van der Waals surface area contributed by atoms with E-state index < -0.39 is 0 Å². The van der Waals surface area contributed by atoms with Gasteiger partial charge in [0.1, 0.15) is 5.82 Å². The Morgan fingerprint density at radius 2 is 1.60 bits per heavy atom. The maximum absolute atomic E-state index is 14.5. The summed E-state index contributed by atoms with van der Waals surface area (Å²) in [5, 5.41) is 10.2. The number of hydrogen-bond donors (Lipinski definition) is 0. The van der Waals surface area contributed by atoms with Crippen LogP contribution in [0.2, 0.25) is 0 Å². The lowest BCUT2D eigenvalue weighted by Crippen LogP contribution is -2.42. The molecule has 3 fully saturated rings. The van der Waals surface area contributed by atoms with E-state index in [1.54, 1.807) is 0 Å². The number of piperidine rings is 1. The van der Waals surface area contributed by atoms with Crippen LogP contribution in [0.5, 0.6) is 0 Å². The number of nitriles is 1. The minimum absolute atomic E-state index is 0.129. The number of pyridine rings is 1.